The predicted octanol–water partition coefficient (Wildman–Crippen LogP) is 4.08. The Morgan fingerprint density at radius 1 is 1.24 bits per heavy atom. The van der Waals surface area contributed by atoms with E-state index < -0.39 is 8.80 Å². The third-order valence-electron chi connectivity index (χ3n) is 3.62. The maximum Gasteiger partial charge on any atom is 0.137 e. The summed E-state index contributed by atoms with van der Waals surface area (Å²) in [7, 11) is -0.716. The predicted molar refractivity (Wildman–Crippen MR) is 74.6 cm³/mol. The molecule has 2 rings (SSSR count). The fourth-order valence-electron chi connectivity index (χ4n) is 1.52. The van der Waals surface area contributed by atoms with Crippen LogP contribution in [0.3, 0.4) is 0 Å². The number of hydrogen-bond donors (Lipinski definition) is 0. The molecule has 0 fully saturated rings. The van der Waals surface area contributed by atoms with E-state index in [2.05, 4.69) is 26.9 Å². The Hall–Kier alpha value is -1.22. The molecular weight excluding hydrogens is 228 g/mol. The van der Waals surface area contributed by atoms with E-state index in [1.807, 2.05) is 24.3 Å². The van der Waals surface area contributed by atoms with Gasteiger partial charge in [0.2, 0.25) is 0 Å². The Balaban J connectivity index is 2.17. The highest BCUT2D eigenvalue weighted by atomic mass is 28.3. The van der Waals surface area contributed by atoms with Crippen molar-refractivity contribution in [2.45, 2.75) is 32.0 Å². The van der Waals surface area contributed by atoms with Gasteiger partial charge in [0, 0.05) is 8.80 Å². The summed E-state index contributed by atoms with van der Waals surface area (Å²) in [5.74, 6) is 0.930. The monoisotopic (exact) mass is 248 g/mol. The molecule has 3 heteroatoms. The highest BCUT2D eigenvalue weighted by molar-refractivity contribution is 6.59. The first-order valence-corrected chi connectivity index (χ1v) is 8.98. The van der Waals surface area contributed by atoms with Crippen LogP contribution in [0.25, 0.3) is 11.0 Å². The van der Waals surface area contributed by atoms with Crippen LogP contribution in [0.15, 0.2) is 34.9 Å². The number of fused-ring (bicyclic) bond motifs is 1. The second-order valence-corrected chi connectivity index (χ2v) is 9.39. The Kier molecular flexibility index (Phi) is 3.29. The number of benzene rings is 1. The van der Waals surface area contributed by atoms with Crippen molar-refractivity contribution >= 4 is 19.8 Å². The highest BCUT2D eigenvalue weighted by Gasteiger charge is 2.24. The number of rotatable bonds is 4. The van der Waals surface area contributed by atoms with Gasteiger partial charge in [0.15, 0.2) is 0 Å². The van der Waals surface area contributed by atoms with E-state index in [1.165, 1.54) is 0 Å². The van der Waals surface area contributed by atoms with Gasteiger partial charge in [-0.15, -0.1) is 0 Å². The van der Waals surface area contributed by atoms with Crippen molar-refractivity contribution < 1.29 is 9.15 Å². The van der Waals surface area contributed by atoms with Crippen LogP contribution in [0.2, 0.25) is 18.1 Å². The van der Waals surface area contributed by atoms with Crippen molar-refractivity contribution in [3.8, 4) is 5.75 Å². The van der Waals surface area contributed by atoms with Crippen LogP contribution in [0.4, 0.5) is 0 Å². The van der Waals surface area contributed by atoms with Crippen molar-refractivity contribution in [2.24, 2.45) is 0 Å². The van der Waals surface area contributed by atoms with Gasteiger partial charge in [-0.25, -0.2) is 0 Å². The normalized spacial score (nSPS) is 12.3. The molecular formula is C14H20O2Si. The van der Waals surface area contributed by atoms with Crippen molar-refractivity contribution in [1.82, 2.24) is 0 Å². The lowest BCUT2D eigenvalue weighted by atomic mass is 10.2. The van der Waals surface area contributed by atoms with Gasteiger partial charge in [-0.2, -0.15) is 0 Å². The smallest absolute Gasteiger partial charge is 0.137 e. The molecule has 17 heavy (non-hydrogen) atoms. The van der Waals surface area contributed by atoms with E-state index in [1.54, 1.807) is 6.26 Å². The van der Waals surface area contributed by atoms with Gasteiger partial charge < -0.3 is 9.15 Å². The van der Waals surface area contributed by atoms with Crippen LogP contribution < -0.4 is 4.74 Å². The van der Waals surface area contributed by atoms with Crippen LogP contribution in [-0.4, -0.2) is 15.4 Å². The average molecular weight is 248 g/mol. The minimum Gasteiger partial charge on any atom is -0.493 e. The average Bonchev–Trinajstić information content (AvgIpc) is 2.74. The molecule has 0 atom stereocenters. The van der Waals surface area contributed by atoms with Gasteiger partial charge in [0.05, 0.1) is 18.3 Å². The number of furan rings is 1. The first-order chi connectivity index (χ1) is 8.00. The quantitative estimate of drug-likeness (QED) is 0.761. The third kappa shape index (κ3) is 2.55. The Morgan fingerprint density at radius 3 is 2.71 bits per heavy atom. The molecule has 0 aliphatic rings. The molecule has 0 saturated carbocycles. The molecule has 1 aromatic heterocycles. The van der Waals surface area contributed by atoms with Gasteiger partial charge in [-0.05, 0) is 23.2 Å². The zero-order valence-corrected chi connectivity index (χ0v) is 12.1. The fraction of sp³-hybridized carbons (Fsp3) is 0.429. The van der Waals surface area contributed by atoms with Gasteiger partial charge in [-0.1, -0.05) is 33.0 Å². The molecule has 0 N–H and O–H groups in total. The Morgan fingerprint density at radius 2 is 2.00 bits per heavy atom. The van der Waals surface area contributed by atoms with Gasteiger partial charge >= 0.3 is 0 Å². The standard InChI is InChI=1S/C14H20O2Si/c1-14(2,17(3)4)10-16-13-7-5-6-12-11(13)8-9-15-12/h5-9,17H,10H2,1-4H3. The van der Waals surface area contributed by atoms with Gasteiger partial charge in [-0.3, -0.25) is 0 Å². The molecule has 0 radical (unpaired) electrons. The van der Waals surface area contributed by atoms with E-state index in [-0.39, 0.29) is 0 Å². The summed E-state index contributed by atoms with van der Waals surface area (Å²) in [5, 5.41) is 1.38. The summed E-state index contributed by atoms with van der Waals surface area (Å²) in [4.78, 5) is 0. The molecule has 1 heterocycles. The second-order valence-electron chi connectivity index (χ2n) is 5.52. The van der Waals surface area contributed by atoms with Crippen LogP contribution in [0.1, 0.15) is 13.8 Å². The van der Waals surface area contributed by atoms with Crippen molar-refractivity contribution in [3.05, 3.63) is 30.5 Å². The van der Waals surface area contributed by atoms with Crippen molar-refractivity contribution in [1.29, 1.82) is 0 Å². The molecule has 1 aromatic carbocycles. The molecule has 0 amide bonds. The number of ether oxygens (including phenoxy) is 1. The van der Waals surface area contributed by atoms with Crippen LogP contribution in [-0.2, 0) is 0 Å². The van der Waals surface area contributed by atoms with Crippen molar-refractivity contribution in [3.63, 3.8) is 0 Å². The molecule has 0 aliphatic carbocycles. The molecule has 0 spiro atoms. The third-order valence-corrected chi connectivity index (χ3v) is 6.91. The lowest BCUT2D eigenvalue weighted by Crippen LogP contribution is -2.27. The minimum atomic E-state index is -0.716. The van der Waals surface area contributed by atoms with E-state index in [4.69, 9.17) is 9.15 Å². The zero-order valence-electron chi connectivity index (χ0n) is 11.0. The lowest BCUT2D eigenvalue weighted by molar-refractivity contribution is 0.279. The van der Waals surface area contributed by atoms with E-state index in [0.29, 0.717) is 5.04 Å². The first kappa shape index (κ1) is 12.2. The zero-order chi connectivity index (χ0) is 12.5. The Bertz CT molecular complexity index is 500. The highest BCUT2D eigenvalue weighted by Crippen LogP contribution is 2.32. The molecule has 2 nitrogen and oxygen atoms in total. The summed E-state index contributed by atoms with van der Waals surface area (Å²) < 4.78 is 11.3. The molecule has 92 valence electrons. The summed E-state index contributed by atoms with van der Waals surface area (Å²) >= 11 is 0. The molecule has 2 aromatic rings. The van der Waals surface area contributed by atoms with Crippen molar-refractivity contribution in [2.75, 3.05) is 6.61 Å². The summed E-state index contributed by atoms with van der Waals surface area (Å²) in [5.41, 5.74) is 0.891. The summed E-state index contributed by atoms with van der Waals surface area (Å²) in [6.45, 7) is 10.1. The number of hydrogen-bond acceptors (Lipinski definition) is 2. The molecule has 0 saturated heterocycles. The van der Waals surface area contributed by atoms with Gasteiger partial charge in [0.25, 0.3) is 0 Å². The SMILES string of the molecule is C[SiH](C)C(C)(C)COc1cccc2occc12. The maximum atomic E-state index is 5.98. The first-order valence-electron chi connectivity index (χ1n) is 6.10. The molecule has 0 aliphatic heterocycles. The van der Waals surface area contributed by atoms with E-state index in [9.17, 15) is 0 Å². The molecule has 0 unspecified atom stereocenters. The van der Waals surface area contributed by atoms with Crippen LogP contribution in [0.5, 0.6) is 5.75 Å². The van der Waals surface area contributed by atoms with E-state index >= 15 is 0 Å². The van der Waals surface area contributed by atoms with Gasteiger partial charge in [0.1, 0.15) is 11.3 Å². The topological polar surface area (TPSA) is 22.4 Å². The van der Waals surface area contributed by atoms with Crippen LogP contribution in [0, 0.1) is 0 Å². The van der Waals surface area contributed by atoms with Crippen LogP contribution >= 0.6 is 0 Å². The molecule has 0 bridgehead atoms. The Labute approximate surface area is 104 Å². The summed E-state index contributed by atoms with van der Waals surface area (Å²) in [6, 6.07) is 7.91. The fourth-order valence-corrected chi connectivity index (χ4v) is 1.94. The lowest BCUT2D eigenvalue weighted by Gasteiger charge is -2.28. The minimum absolute atomic E-state index is 0.311. The largest absolute Gasteiger partial charge is 0.493 e. The van der Waals surface area contributed by atoms with E-state index in [0.717, 1.165) is 23.3 Å². The second kappa shape index (κ2) is 4.57. The summed E-state index contributed by atoms with van der Waals surface area (Å²) in [6.07, 6.45) is 1.71. The maximum absolute atomic E-state index is 5.98.